The molecule has 7 nitrogen and oxygen atoms in total. The first-order chi connectivity index (χ1) is 48.6. The number of aryl methyl sites for hydroxylation is 18. The second-order valence-electron chi connectivity index (χ2n) is 28.7. The van der Waals surface area contributed by atoms with Gasteiger partial charge in [-0.1, -0.05) is 272 Å². The van der Waals surface area contributed by atoms with E-state index in [0.29, 0.717) is 13.2 Å². The van der Waals surface area contributed by atoms with Gasteiger partial charge in [0.1, 0.15) is 0 Å². The lowest BCUT2D eigenvalue weighted by atomic mass is 9.53. The van der Waals surface area contributed by atoms with Crippen LogP contribution in [0.4, 0.5) is 0 Å². The minimum absolute atomic E-state index is 0. The first-order valence-corrected chi connectivity index (χ1v) is 37.1. The van der Waals surface area contributed by atoms with Crippen molar-refractivity contribution in [3.63, 3.8) is 0 Å². The first kappa shape index (κ1) is 75.9. The molecule has 10 aromatic rings. The van der Waals surface area contributed by atoms with Gasteiger partial charge in [-0.3, -0.25) is 0 Å². The van der Waals surface area contributed by atoms with Crippen LogP contribution in [0.3, 0.4) is 0 Å². The Balaban J connectivity index is 0.000000136. The molecule has 12 heteroatoms. The molecule has 15 rings (SSSR count). The van der Waals surface area contributed by atoms with Crippen LogP contribution < -0.4 is 27.3 Å². The topological polar surface area (TPSA) is 120 Å². The van der Waals surface area contributed by atoms with Gasteiger partial charge < -0.3 is 34.4 Å². The van der Waals surface area contributed by atoms with Crippen molar-refractivity contribution in [1.82, 2.24) is 0 Å². The smallest absolute Gasteiger partial charge is 0.446 e. The largest absolute Gasteiger partial charge is 0.491 e. The van der Waals surface area contributed by atoms with Gasteiger partial charge >= 0.3 is 35.0 Å². The summed E-state index contributed by atoms with van der Waals surface area (Å²) in [5.74, 6) is 0. The quantitative estimate of drug-likeness (QED) is 0.0649. The zero-order chi connectivity index (χ0) is 69.7. The highest BCUT2D eigenvalue weighted by Crippen LogP contribution is 2.22. The molecule has 0 aliphatic carbocycles. The summed E-state index contributed by atoms with van der Waals surface area (Å²) in [6, 6.07) is 76.0. The standard InChI is InChI=1S/3C18H21BO.2C17H19BO2.CH4/c1-14-4-2-5-15(12-14)7-8-16-9-10-17-6-3-11-19(20)18(17)13-16;1-14-4-6-15(7-5-14)8-9-16-10-11-17-3-2-12-19(20)18(17)13-16;1-14-5-2-3-6-16(14)10-8-15-9-11-17-7-4-12-19(20)18(17)13-15;1-13-3-2-4-14(11-13)5-6-15-7-8-16-9-10-20-18(19)17(16)12-15;1-13-4-2-3-5-15(13)8-6-14-7-9-16-10-11-20-18(19)17(16)12-14;/h2,4-5,9-10,12-13,20H,3,6-8,11H2,1H3;4-7,10-11,13,20H,2-3,8-9,12H2,1H3;2-3,5-6,9,11,13,20H,4,7-8,10,12H2,1H3;2-4,7-8,11-12,19H,5-6,9-10H2,1H3;2-5,7,9,12,19H,6,8,10-11H2,1H3;1H4. The molecule has 518 valence electrons. The molecule has 0 unspecified atom stereocenters. The van der Waals surface area contributed by atoms with E-state index in [1.807, 2.05) is 0 Å². The van der Waals surface area contributed by atoms with E-state index in [4.69, 9.17) is 9.31 Å². The molecule has 0 saturated carbocycles. The molecule has 5 heterocycles. The first-order valence-electron chi connectivity index (χ1n) is 37.1. The fourth-order valence-corrected chi connectivity index (χ4v) is 14.9. The lowest BCUT2D eigenvalue weighted by molar-refractivity contribution is 0.265. The van der Waals surface area contributed by atoms with E-state index in [9.17, 15) is 25.1 Å². The normalized spacial score (nSPS) is 14.1. The second-order valence-corrected chi connectivity index (χ2v) is 28.7. The summed E-state index contributed by atoms with van der Waals surface area (Å²) in [6.45, 7) is 11.2. The molecule has 101 heavy (non-hydrogen) atoms. The van der Waals surface area contributed by atoms with Gasteiger partial charge in [0.05, 0.1) is 0 Å². The summed E-state index contributed by atoms with van der Waals surface area (Å²) < 4.78 is 10.6. The summed E-state index contributed by atoms with van der Waals surface area (Å²) in [5.41, 5.74) is 31.9. The third kappa shape index (κ3) is 22.1. The van der Waals surface area contributed by atoms with Crippen molar-refractivity contribution < 1.29 is 34.4 Å². The van der Waals surface area contributed by atoms with Crippen LogP contribution in [0.25, 0.3) is 0 Å². The fourth-order valence-electron chi connectivity index (χ4n) is 14.9. The Morgan fingerprint density at radius 3 is 0.921 bits per heavy atom. The summed E-state index contributed by atoms with van der Waals surface area (Å²) in [5, 5.41) is 50.1. The average molecular weight is 1340 g/mol. The van der Waals surface area contributed by atoms with Crippen LogP contribution in [-0.4, -0.2) is 73.3 Å². The van der Waals surface area contributed by atoms with Gasteiger partial charge in [-0.05, 0) is 255 Å². The summed E-state index contributed by atoms with van der Waals surface area (Å²) in [7, 11) is -1.50. The molecule has 0 radical (unpaired) electrons. The molecular weight excluding hydrogens is 1240 g/mol. The predicted octanol–water partition coefficient (Wildman–Crippen LogP) is 13.5. The van der Waals surface area contributed by atoms with Crippen molar-refractivity contribution in [2.45, 2.75) is 177 Å². The van der Waals surface area contributed by atoms with Gasteiger partial charge in [0.2, 0.25) is 0 Å². The van der Waals surface area contributed by atoms with Crippen LogP contribution in [0.15, 0.2) is 212 Å². The molecule has 5 aliphatic rings. The Bertz CT molecular complexity index is 4070. The fraction of sp³-hybridized carbons (Fsp3) is 0.326. The molecule has 0 amide bonds. The Kier molecular flexibility index (Phi) is 28.5. The molecule has 0 aromatic heterocycles. The Morgan fingerprint density at radius 1 is 0.277 bits per heavy atom. The molecule has 5 N–H and O–H groups in total. The van der Waals surface area contributed by atoms with E-state index in [1.165, 1.54) is 117 Å². The highest BCUT2D eigenvalue weighted by Gasteiger charge is 2.28. The van der Waals surface area contributed by atoms with Gasteiger partial charge in [-0.15, -0.1) is 0 Å². The van der Waals surface area contributed by atoms with Crippen molar-refractivity contribution >= 4 is 62.3 Å². The predicted molar refractivity (Wildman–Crippen MR) is 429 cm³/mol. The third-order valence-corrected chi connectivity index (χ3v) is 21.0. The van der Waals surface area contributed by atoms with Crippen molar-refractivity contribution in [2.24, 2.45) is 0 Å². The number of hydrogen-bond acceptors (Lipinski definition) is 7. The van der Waals surface area contributed by atoms with Crippen molar-refractivity contribution in [2.75, 3.05) is 13.2 Å². The molecule has 10 aromatic carbocycles. The van der Waals surface area contributed by atoms with Crippen LogP contribution in [0, 0.1) is 34.6 Å². The van der Waals surface area contributed by atoms with Crippen molar-refractivity contribution in [3.05, 3.63) is 324 Å². The molecule has 0 atom stereocenters. The SMILES string of the molecule is C.Cc1ccc(CCc2ccc3c(c2)B(O)CCC3)cc1.Cc1cccc(CCc2ccc3c(c2)B(O)CCC3)c1.Cc1cccc(CCc2ccc3c(c2)B(O)OCC3)c1.Cc1ccccc1CCc1ccc2c(c1)B(O)CCC2.Cc1ccccc1CCc1ccc2c(c1)B(O)OCC2. The minimum atomic E-state index is -0.753. The highest BCUT2D eigenvalue weighted by atomic mass is 16.5. The van der Waals surface area contributed by atoms with E-state index in [-0.39, 0.29) is 28.2 Å². The van der Waals surface area contributed by atoms with Crippen LogP contribution >= 0.6 is 0 Å². The van der Waals surface area contributed by atoms with Gasteiger partial charge in [-0.2, -0.15) is 0 Å². The molecule has 5 aliphatic heterocycles. The van der Waals surface area contributed by atoms with E-state index in [0.717, 1.165) is 156 Å². The molecule has 0 fully saturated rings. The Hall–Kier alpha value is -7.76. The van der Waals surface area contributed by atoms with Crippen molar-refractivity contribution in [3.8, 4) is 0 Å². The maximum absolute atomic E-state index is 10.1. The Labute approximate surface area is 606 Å². The van der Waals surface area contributed by atoms with Crippen LogP contribution in [0.5, 0.6) is 0 Å². The van der Waals surface area contributed by atoms with Crippen LogP contribution in [0.1, 0.15) is 138 Å². The lowest BCUT2D eigenvalue weighted by Gasteiger charge is -2.19. The van der Waals surface area contributed by atoms with Gasteiger partial charge in [0.25, 0.3) is 0 Å². The zero-order valence-electron chi connectivity index (χ0n) is 59.9. The van der Waals surface area contributed by atoms with E-state index < -0.39 is 14.2 Å². The Morgan fingerprint density at radius 2 is 0.574 bits per heavy atom. The van der Waals surface area contributed by atoms with Crippen molar-refractivity contribution in [1.29, 1.82) is 0 Å². The highest BCUT2D eigenvalue weighted by molar-refractivity contribution is 6.68. The molecule has 0 saturated heterocycles. The van der Waals surface area contributed by atoms with E-state index in [2.05, 4.69) is 247 Å². The number of hydrogen-bond donors (Lipinski definition) is 5. The zero-order valence-corrected chi connectivity index (χ0v) is 59.9. The molecule has 0 bridgehead atoms. The molecular formula is C89H105B5O7. The van der Waals surface area contributed by atoms with Gasteiger partial charge in [0.15, 0.2) is 0 Å². The van der Waals surface area contributed by atoms with Gasteiger partial charge in [0, 0.05) is 13.2 Å². The average Bonchev–Trinajstić information content (AvgIpc) is 0.858. The van der Waals surface area contributed by atoms with Crippen LogP contribution in [0.2, 0.25) is 19.0 Å². The number of rotatable bonds is 15. The van der Waals surface area contributed by atoms with E-state index in [1.54, 1.807) is 0 Å². The minimum Gasteiger partial charge on any atom is -0.446 e. The summed E-state index contributed by atoms with van der Waals surface area (Å²) in [4.78, 5) is 0. The third-order valence-electron chi connectivity index (χ3n) is 21.0. The maximum atomic E-state index is 10.1. The molecule has 0 spiro atoms. The lowest BCUT2D eigenvalue weighted by Crippen LogP contribution is -2.41. The summed E-state index contributed by atoms with van der Waals surface area (Å²) >= 11 is 0. The van der Waals surface area contributed by atoms with Crippen LogP contribution in [-0.2, 0) is 106 Å². The summed E-state index contributed by atoms with van der Waals surface area (Å²) in [6.07, 6.45) is 21.6. The number of fused-ring (bicyclic) bond motifs is 5. The van der Waals surface area contributed by atoms with E-state index >= 15 is 0 Å². The van der Waals surface area contributed by atoms with Gasteiger partial charge in [-0.25, -0.2) is 0 Å². The number of benzene rings is 10. The monoisotopic (exact) mass is 1340 g/mol. The second kappa shape index (κ2) is 38.0. The maximum Gasteiger partial charge on any atom is 0.491 e.